The Bertz CT molecular complexity index is 325. The quantitative estimate of drug-likeness (QED) is 0.689. The molecule has 0 amide bonds. The van der Waals surface area contributed by atoms with Gasteiger partial charge in [-0.2, -0.15) is 0 Å². The molecule has 2 nitrogen and oxygen atoms in total. The zero-order chi connectivity index (χ0) is 14.0. The lowest BCUT2D eigenvalue weighted by Crippen LogP contribution is -2.41. The lowest BCUT2D eigenvalue weighted by molar-refractivity contribution is 0.202. The monoisotopic (exact) mass is 260 g/mol. The van der Waals surface area contributed by atoms with Crippen molar-refractivity contribution in [2.75, 3.05) is 0 Å². The fourth-order valence-electron chi connectivity index (χ4n) is 3.86. The van der Waals surface area contributed by atoms with Crippen LogP contribution in [0.2, 0.25) is 5.82 Å². The van der Waals surface area contributed by atoms with Gasteiger partial charge in [-0.15, -0.1) is 0 Å². The summed E-state index contributed by atoms with van der Waals surface area (Å²) in [6.45, 7) is 8.93. The number of amidine groups is 1. The molecule has 1 saturated carbocycles. The summed E-state index contributed by atoms with van der Waals surface area (Å²) in [6, 6.07) is 1.56. The van der Waals surface area contributed by atoms with Crippen LogP contribution >= 0.6 is 0 Å². The zero-order valence-electron chi connectivity index (χ0n) is 13.1. The van der Waals surface area contributed by atoms with E-state index in [1.165, 1.54) is 37.9 Å². The molecule has 2 fully saturated rings. The smallest absolute Gasteiger partial charge is 0.1000 e. The Morgan fingerprint density at radius 1 is 1.11 bits per heavy atom. The predicted molar refractivity (Wildman–Crippen MR) is 84.0 cm³/mol. The van der Waals surface area contributed by atoms with Crippen molar-refractivity contribution < 1.29 is 0 Å². The van der Waals surface area contributed by atoms with E-state index in [-0.39, 0.29) is 0 Å². The topological polar surface area (TPSA) is 15.6 Å². The van der Waals surface area contributed by atoms with Crippen molar-refractivity contribution in [3.8, 4) is 0 Å². The van der Waals surface area contributed by atoms with Crippen LogP contribution in [0.1, 0.15) is 66.2 Å². The summed E-state index contributed by atoms with van der Waals surface area (Å²) < 4.78 is 0. The lowest BCUT2D eigenvalue weighted by atomic mass is 9.68. The Morgan fingerprint density at radius 2 is 1.79 bits per heavy atom. The summed E-state index contributed by atoms with van der Waals surface area (Å²) in [6.07, 6.45) is 7.60. The average Bonchev–Trinajstić information content (AvgIpc) is 2.63. The van der Waals surface area contributed by atoms with Crippen molar-refractivity contribution in [1.82, 2.24) is 4.90 Å². The summed E-state index contributed by atoms with van der Waals surface area (Å²) in [5.74, 6) is 2.31. The van der Waals surface area contributed by atoms with Gasteiger partial charge in [-0.05, 0) is 40.0 Å². The standard InChI is InChI=1S/C16H29BN2/c1-11(2)18-16-10-13-14(17)8-6-5-7-9-15(13)19(16)12(3)4/h11-15H,5-10H2,1-4H3. The van der Waals surface area contributed by atoms with Gasteiger partial charge in [0.05, 0.1) is 13.7 Å². The van der Waals surface area contributed by atoms with E-state index in [9.17, 15) is 0 Å². The normalized spacial score (nSPS) is 34.7. The maximum absolute atomic E-state index is 6.46. The first-order valence-electron chi connectivity index (χ1n) is 8.11. The maximum Gasteiger partial charge on any atom is 0.1000 e. The second kappa shape index (κ2) is 6.32. The van der Waals surface area contributed by atoms with Crippen LogP contribution in [0.4, 0.5) is 0 Å². The van der Waals surface area contributed by atoms with Crippen LogP contribution in [0, 0.1) is 5.92 Å². The number of likely N-dealkylation sites (tertiary alicyclic amines) is 1. The van der Waals surface area contributed by atoms with Gasteiger partial charge in [-0.1, -0.05) is 31.5 Å². The highest BCUT2D eigenvalue weighted by Crippen LogP contribution is 2.41. The van der Waals surface area contributed by atoms with Gasteiger partial charge in [0.15, 0.2) is 0 Å². The summed E-state index contributed by atoms with van der Waals surface area (Å²) >= 11 is 0. The van der Waals surface area contributed by atoms with Crippen molar-refractivity contribution in [2.24, 2.45) is 10.9 Å². The fourth-order valence-corrected chi connectivity index (χ4v) is 3.86. The summed E-state index contributed by atoms with van der Waals surface area (Å²) in [4.78, 5) is 7.47. The Hall–Kier alpha value is -0.465. The number of hydrogen-bond donors (Lipinski definition) is 0. The fraction of sp³-hybridized carbons (Fsp3) is 0.938. The van der Waals surface area contributed by atoms with E-state index in [0.29, 0.717) is 29.9 Å². The molecule has 0 N–H and O–H groups in total. The van der Waals surface area contributed by atoms with Crippen LogP contribution in [0.3, 0.4) is 0 Å². The second-order valence-corrected chi connectivity index (χ2v) is 6.88. The molecule has 0 spiro atoms. The molecule has 0 aromatic carbocycles. The highest BCUT2D eigenvalue weighted by molar-refractivity contribution is 6.12. The highest BCUT2D eigenvalue weighted by atomic mass is 15.3. The number of fused-ring (bicyclic) bond motifs is 1. The average molecular weight is 260 g/mol. The lowest BCUT2D eigenvalue weighted by Gasteiger charge is -2.36. The number of rotatable bonds is 2. The van der Waals surface area contributed by atoms with Crippen LogP contribution in [0.5, 0.6) is 0 Å². The van der Waals surface area contributed by atoms with Crippen LogP contribution in [0.15, 0.2) is 4.99 Å². The molecule has 0 aromatic rings. The minimum absolute atomic E-state index is 0.367. The Kier molecular flexibility index (Phi) is 4.97. The largest absolute Gasteiger partial charge is 0.355 e. The molecule has 106 valence electrons. The molecule has 2 radical (unpaired) electrons. The van der Waals surface area contributed by atoms with E-state index < -0.39 is 0 Å². The first-order chi connectivity index (χ1) is 9.00. The molecular formula is C16H29BN2. The van der Waals surface area contributed by atoms with Crippen LogP contribution in [-0.2, 0) is 0 Å². The van der Waals surface area contributed by atoms with E-state index in [1.54, 1.807) is 0 Å². The molecular weight excluding hydrogens is 231 g/mol. The van der Waals surface area contributed by atoms with Crippen molar-refractivity contribution in [2.45, 2.75) is 90.2 Å². The molecule has 3 unspecified atom stereocenters. The third kappa shape index (κ3) is 3.35. The molecule has 3 heteroatoms. The van der Waals surface area contributed by atoms with E-state index in [2.05, 4.69) is 32.6 Å². The van der Waals surface area contributed by atoms with Crippen molar-refractivity contribution in [1.29, 1.82) is 0 Å². The summed E-state index contributed by atoms with van der Waals surface area (Å²) in [7, 11) is 6.46. The van der Waals surface area contributed by atoms with Gasteiger partial charge in [0, 0.05) is 24.5 Å². The Morgan fingerprint density at radius 3 is 2.42 bits per heavy atom. The molecule has 2 aliphatic rings. The number of hydrogen-bond acceptors (Lipinski definition) is 1. The van der Waals surface area contributed by atoms with Gasteiger partial charge in [0.2, 0.25) is 0 Å². The minimum Gasteiger partial charge on any atom is -0.355 e. The molecule has 1 heterocycles. The van der Waals surface area contributed by atoms with E-state index >= 15 is 0 Å². The Labute approximate surface area is 120 Å². The van der Waals surface area contributed by atoms with Crippen molar-refractivity contribution >= 4 is 13.7 Å². The highest BCUT2D eigenvalue weighted by Gasteiger charge is 2.41. The molecule has 19 heavy (non-hydrogen) atoms. The van der Waals surface area contributed by atoms with Crippen molar-refractivity contribution in [3.05, 3.63) is 0 Å². The minimum atomic E-state index is 0.367. The molecule has 3 atom stereocenters. The third-order valence-corrected chi connectivity index (χ3v) is 4.62. The van der Waals surface area contributed by atoms with Gasteiger partial charge >= 0.3 is 0 Å². The SMILES string of the molecule is [B]C1CCCCCC2C1CC(=NC(C)C)N2C(C)C. The maximum atomic E-state index is 6.46. The van der Waals surface area contributed by atoms with Gasteiger partial charge in [-0.25, -0.2) is 0 Å². The van der Waals surface area contributed by atoms with Gasteiger partial charge in [0.25, 0.3) is 0 Å². The molecule has 0 bridgehead atoms. The Balaban J connectivity index is 2.25. The van der Waals surface area contributed by atoms with Gasteiger partial charge in [-0.3, -0.25) is 4.99 Å². The van der Waals surface area contributed by atoms with E-state index in [4.69, 9.17) is 12.8 Å². The first kappa shape index (κ1) is 14.9. The van der Waals surface area contributed by atoms with Crippen LogP contribution in [-0.4, -0.2) is 36.7 Å². The van der Waals surface area contributed by atoms with Gasteiger partial charge < -0.3 is 4.90 Å². The second-order valence-electron chi connectivity index (χ2n) is 6.88. The predicted octanol–water partition coefficient (Wildman–Crippen LogP) is 3.81. The summed E-state index contributed by atoms with van der Waals surface area (Å²) in [5.41, 5.74) is 0. The van der Waals surface area contributed by atoms with Crippen LogP contribution in [0.25, 0.3) is 0 Å². The molecule has 1 aliphatic carbocycles. The molecule has 0 aromatic heterocycles. The molecule has 1 aliphatic heterocycles. The number of aliphatic imine (C=N–C) groups is 1. The third-order valence-electron chi connectivity index (χ3n) is 4.62. The van der Waals surface area contributed by atoms with Crippen LogP contribution < -0.4 is 0 Å². The van der Waals surface area contributed by atoms with E-state index in [1.807, 2.05) is 0 Å². The molecule has 1 saturated heterocycles. The zero-order valence-corrected chi connectivity index (χ0v) is 13.1. The van der Waals surface area contributed by atoms with Crippen molar-refractivity contribution in [3.63, 3.8) is 0 Å². The van der Waals surface area contributed by atoms with Gasteiger partial charge in [0.1, 0.15) is 0 Å². The summed E-state index contributed by atoms with van der Waals surface area (Å²) in [5, 5.41) is 0. The number of nitrogens with zero attached hydrogens (tertiary/aromatic N) is 2. The van der Waals surface area contributed by atoms with E-state index in [0.717, 1.165) is 6.42 Å². The molecule has 2 rings (SSSR count). The first-order valence-corrected chi connectivity index (χ1v) is 8.11.